The number of carbonyl (C=O) groups excluding carboxylic acids is 1. The summed E-state index contributed by atoms with van der Waals surface area (Å²) in [5, 5.41) is 0. The summed E-state index contributed by atoms with van der Waals surface area (Å²) >= 11 is 0. The molecule has 0 N–H and O–H groups in total. The summed E-state index contributed by atoms with van der Waals surface area (Å²) in [4.78, 5) is 12.1. The molecule has 0 fully saturated rings. The van der Waals surface area contributed by atoms with E-state index in [2.05, 4.69) is 32.9 Å². The Morgan fingerprint density at radius 2 is 0.842 bits per heavy atom. The van der Waals surface area contributed by atoms with Crippen molar-refractivity contribution in [1.29, 1.82) is 0 Å². The van der Waals surface area contributed by atoms with E-state index in [1.165, 1.54) is 167 Å². The molecule has 2 heteroatoms. The molecule has 1 atom stereocenters. The Bertz CT molecular complexity index is 484. The van der Waals surface area contributed by atoms with Crippen LogP contribution in [-0.2, 0) is 9.53 Å². The first-order chi connectivity index (χ1) is 18.7. The smallest absolute Gasteiger partial charge is 0.306 e. The fraction of sp³-hybridized carbons (Fsp3) is 0.917. The predicted octanol–water partition coefficient (Wildman–Crippen LogP) is 12.8. The Morgan fingerprint density at radius 3 is 1.26 bits per heavy atom. The van der Waals surface area contributed by atoms with Gasteiger partial charge in [-0.2, -0.15) is 0 Å². The van der Waals surface area contributed by atoms with E-state index in [0.29, 0.717) is 6.42 Å². The summed E-state index contributed by atoms with van der Waals surface area (Å²) in [7, 11) is 0. The van der Waals surface area contributed by atoms with Gasteiger partial charge in [0.05, 0.1) is 6.10 Å². The molecule has 0 aromatic carbocycles. The average Bonchev–Trinajstić information content (AvgIpc) is 2.91. The fourth-order valence-corrected chi connectivity index (χ4v) is 5.31. The number of rotatable bonds is 31. The lowest BCUT2D eigenvalue weighted by atomic mass is 10.0. The number of unbranched alkanes of at least 4 members (excludes halogenated alkanes) is 24. The van der Waals surface area contributed by atoms with Gasteiger partial charge in [0.1, 0.15) is 0 Å². The molecule has 0 amide bonds. The highest BCUT2D eigenvalue weighted by atomic mass is 16.5. The van der Waals surface area contributed by atoms with Gasteiger partial charge in [0.25, 0.3) is 0 Å². The zero-order valence-corrected chi connectivity index (χ0v) is 26.6. The van der Waals surface area contributed by atoms with E-state index < -0.39 is 0 Å². The first-order valence-electron chi connectivity index (χ1n) is 17.5. The first kappa shape index (κ1) is 37.2. The Balaban J connectivity index is 3.32. The summed E-state index contributed by atoms with van der Waals surface area (Å²) in [6, 6.07) is 0. The van der Waals surface area contributed by atoms with Crippen LogP contribution in [0.1, 0.15) is 207 Å². The van der Waals surface area contributed by atoms with Crippen LogP contribution in [0.25, 0.3) is 0 Å². The minimum atomic E-state index is 0.0164. The summed E-state index contributed by atoms with van der Waals surface area (Å²) in [5.41, 5.74) is 0. The number of carbonyl (C=O) groups is 1. The monoisotopic (exact) mass is 535 g/mol. The molecule has 0 aliphatic carbocycles. The molecule has 38 heavy (non-hydrogen) atoms. The normalized spacial score (nSPS) is 12.4. The van der Waals surface area contributed by atoms with Crippen molar-refractivity contribution >= 4 is 5.97 Å². The maximum Gasteiger partial charge on any atom is 0.306 e. The van der Waals surface area contributed by atoms with E-state index >= 15 is 0 Å². The van der Waals surface area contributed by atoms with Crippen LogP contribution in [0.2, 0.25) is 0 Å². The van der Waals surface area contributed by atoms with E-state index in [-0.39, 0.29) is 12.1 Å². The SMILES string of the molecule is CCCCCCCCC=CCCCCCCC(C)OC(=O)CCCCCCCCCCCCCCCCC. The molecule has 0 spiro atoms. The third-order valence-electron chi connectivity index (χ3n) is 7.94. The van der Waals surface area contributed by atoms with Gasteiger partial charge < -0.3 is 4.74 Å². The quantitative estimate of drug-likeness (QED) is 0.0502. The number of esters is 1. The van der Waals surface area contributed by atoms with Crippen LogP contribution in [0.15, 0.2) is 12.2 Å². The lowest BCUT2D eigenvalue weighted by molar-refractivity contribution is -0.148. The van der Waals surface area contributed by atoms with Gasteiger partial charge in [0, 0.05) is 6.42 Å². The van der Waals surface area contributed by atoms with Crippen LogP contribution in [-0.4, -0.2) is 12.1 Å². The van der Waals surface area contributed by atoms with E-state index in [0.717, 1.165) is 12.8 Å². The maximum atomic E-state index is 12.1. The van der Waals surface area contributed by atoms with Crippen molar-refractivity contribution in [1.82, 2.24) is 0 Å². The summed E-state index contributed by atoms with van der Waals surface area (Å²) < 4.78 is 5.63. The molecular formula is C36H70O2. The molecule has 0 aromatic rings. The van der Waals surface area contributed by atoms with Gasteiger partial charge in [0.15, 0.2) is 0 Å². The Hall–Kier alpha value is -0.790. The molecule has 0 aromatic heterocycles. The molecule has 0 bridgehead atoms. The Morgan fingerprint density at radius 1 is 0.500 bits per heavy atom. The number of allylic oxidation sites excluding steroid dienone is 2. The third-order valence-corrected chi connectivity index (χ3v) is 7.94. The Labute approximate surface area is 240 Å². The molecular weight excluding hydrogens is 464 g/mol. The highest BCUT2D eigenvalue weighted by Gasteiger charge is 2.09. The van der Waals surface area contributed by atoms with Crippen molar-refractivity contribution in [3.63, 3.8) is 0 Å². The molecule has 0 saturated heterocycles. The zero-order valence-electron chi connectivity index (χ0n) is 26.6. The standard InChI is InChI=1S/C36H70O2/c1-4-6-8-10-12-14-16-18-20-22-24-26-28-30-32-34-36(37)38-35(3)33-31-29-27-25-23-21-19-17-15-13-11-9-7-5-2/h19,21,35H,4-18,20,22-34H2,1-3H3. The molecule has 0 saturated carbocycles. The molecule has 2 nitrogen and oxygen atoms in total. The van der Waals surface area contributed by atoms with Crippen molar-refractivity contribution in [3.05, 3.63) is 12.2 Å². The summed E-state index contributed by atoms with van der Waals surface area (Å²) in [6.45, 7) is 6.63. The summed E-state index contributed by atoms with van der Waals surface area (Å²) in [5.74, 6) is 0.0164. The van der Waals surface area contributed by atoms with E-state index in [9.17, 15) is 4.79 Å². The van der Waals surface area contributed by atoms with Gasteiger partial charge in [-0.3, -0.25) is 4.79 Å². The highest BCUT2D eigenvalue weighted by Crippen LogP contribution is 2.15. The van der Waals surface area contributed by atoms with Gasteiger partial charge in [-0.05, 0) is 51.9 Å². The maximum absolute atomic E-state index is 12.1. The fourth-order valence-electron chi connectivity index (χ4n) is 5.31. The third kappa shape index (κ3) is 31.4. The molecule has 0 radical (unpaired) electrons. The Kier molecular flexibility index (Phi) is 31.7. The van der Waals surface area contributed by atoms with Gasteiger partial charge >= 0.3 is 5.97 Å². The lowest BCUT2D eigenvalue weighted by Gasteiger charge is -2.13. The average molecular weight is 535 g/mol. The van der Waals surface area contributed by atoms with Crippen LogP contribution in [0.3, 0.4) is 0 Å². The van der Waals surface area contributed by atoms with Crippen LogP contribution in [0.5, 0.6) is 0 Å². The minimum Gasteiger partial charge on any atom is -0.463 e. The second-order valence-electron chi connectivity index (χ2n) is 12.0. The van der Waals surface area contributed by atoms with E-state index in [1.54, 1.807) is 0 Å². The van der Waals surface area contributed by atoms with Crippen LogP contribution >= 0.6 is 0 Å². The molecule has 0 heterocycles. The lowest BCUT2D eigenvalue weighted by Crippen LogP contribution is -2.14. The molecule has 226 valence electrons. The largest absolute Gasteiger partial charge is 0.463 e. The number of hydrogen-bond acceptors (Lipinski definition) is 2. The van der Waals surface area contributed by atoms with Crippen molar-refractivity contribution < 1.29 is 9.53 Å². The van der Waals surface area contributed by atoms with Crippen LogP contribution in [0.4, 0.5) is 0 Å². The van der Waals surface area contributed by atoms with E-state index in [4.69, 9.17) is 4.74 Å². The van der Waals surface area contributed by atoms with Gasteiger partial charge in [-0.25, -0.2) is 0 Å². The highest BCUT2D eigenvalue weighted by molar-refractivity contribution is 5.69. The van der Waals surface area contributed by atoms with Crippen molar-refractivity contribution in [3.8, 4) is 0 Å². The summed E-state index contributed by atoms with van der Waals surface area (Å²) in [6.07, 6.45) is 42.6. The van der Waals surface area contributed by atoms with E-state index in [1.807, 2.05) is 0 Å². The second-order valence-corrected chi connectivity index (χ2v) is 12.0. The second kappa shape index (κ2) is 32.4. The van der Waals surface area contributed by atoms with Gasteiger partial charge in [-0.15, -0.1) is 0 Å². The van der Waals surface area contributed by atoms with Crippen molar-refractivity contribution in [2.75, 3.05) is 0 Å². The molecule has 0 aliphatic rings. The first-order valence-corrected chi connectivity index (χ1v) is 17.5. The van der Waals surface area contributed by atoms with Gasteiger partial charge in [-0.1, -0.05) is 161 Å². The predicted molar refractivity (Wildman–Crippen MR) is 170 cm³/mol. The molecule has 1 unspecified atom stereocenters. The zero-order chi connectivity index (χ0) is 27.8. The van der Waals surface area contributed by atoms with Crippen molar-refractivity contribution in [2.24, 2.45) is 0 Å². The molecule has 0 rings (SSSR count). The van der Waals surface area contributed by atoms with Gasteiger partial charge in [0.2, 0.25) is 0 Å². The van der Waals surface area contributed by atoms with Crippen molar-refractivity contribution in [2.45, 2.75) is 213 Å². The van der Waals surface area contributed by atoms with Crippen LogP contribution < -0.4 is 0 Å². The molecule has 0 aliphatic heterocycles. The van der Waals surface area contributed by atoms with Crippen LogP contribution in [0, 0.1) is 0 Å². The minimum absolute atomic E-state index is 0.0164. The number of hydrogen-bond donors (Lipinski definition) is 0. The number of ether oxygens (including phenoxy) is 1. The topological polar surface area (TPSA) is 26.3 Å².